The summed E-state index contributed by atoms with van der Waals surface area (Å²) in [5.74, 6) is 0. The number of anilines is 1. The highest BCUT2D eigenvalue weighted by Crippen LogP contribution is 2.34. The van der Waals surface area contributed by atoms with Crippen LogP contribution in [0.1, 0.15) is 11.3 Å². The largest absolute Gasteiger partial charge is 0.418 e. The number of halogens is 3. The number of aromatic nitrogens is 2. The minimum atomic E-state index is -4.37. The molecule has 1 aromatic carbocycles. The van der Waals surface area contributed by atoms with Crippen molar-refractivity contribution in [3.8, 4) is 0 Å². The highest BCUT2D eigenvalue weighted by atomic mass is 19.4. The number of nitrogens with zero attached hydrogens (tertiary/aromatic N) is 2. The molecule has 6 heteroatoms. The molecule has 0 saturated heterocycles. The summed E-state index contributed by atoms with van der Waals surface area (Å²) in [5.41, 5.74) is -0.0704. The van der Waals surface area contributed by atoms with Crippen molar-refractivity contribution in [1.29, 1.82) is 0 Å². The monoisotopic (exact) mass is 253 g/mol. The first-order chi connectivity index (χ1) is 8.57. The predicted octanol–water partition coefficient (Wildman–Crippen LogP) is 3.11. The van der Waals surface area contributed by atoms with E-state index in [2.05, 4.69) is 15.5 Å². The lowest BCUT2D eigenvalue weighted by molar-refractivity contribution is -0.136. The first-order valence-electron chi connectivity index (χ1n) is 5.24. The standard InChI is InChI=1S/C12H10F3N3/c13-12(14,15)10-5-1-2-6-11(10)16-8-9-4-3-7-17-18-9/h1-7,16H,8H2. The minimum Gasteiger partial charge on any atom is -0.379 e. The van der Waals surface area contributed by atoms with Crippen LogP contribution in [0.3, 0.4) is 0 Å². The summed E-state index contributed by atoms with van der Waals surface area (Å²) in [7, 11) is 0. The number of hydrogen-bond donors (Lipinski definition) is 1. The van der Waals surface area contributed by atoms with Crippen molar-refractivity contribution >= 4 is 5.69 Å². The van der Waals surface area contributed by atoms with Crippen LogP contribution in [0.15, 0.2) is 42.6 Å². The zero-order valence-electron chi connectivity index (χ0n) is 9.28. The van der Waals surface area contributed by atoms with Gasteiger partial charge in [-0.15, -0.1) is 0 Å². The van der Waals surface area contributed by atoms with Crippen LogP contribution >= 0.6 is 0 Å². The van der Waals surface area contributed by atoms with Crippen molar-refractivity contribution in [2.24, 2.45) is 0 Å². The molecule has 0 spiro atoms. The average Bonchev–Trinajstić information content (AvgIpc) is 2.37. The lowest BCUT2D eigenvalue weighted by atomic mass is 10.1. The van der Waals surface area contributed by atoms with Gasteiger partial charge in [0.25, 0.3) is 0 Å². The van der Waals surface area contributed by atoms with Gasteiger partial charge in [-0.3, -0.25) is 0 Å². The Hall–Kier alpha value is -2.11. The summed E-state index contributed by atoms with van der Waals surface area (Å²) >= 11 is 0. The molecule has 94 valence electrons. The number of alkyl halides is 3. The normalized spacial score (nSPS) is 11.3. The highest BCUT2D eigenvalue weighted by molar-refractivity contribution is 5.52. The second-order valence-corrected chi connectivity index (χ2v) is 3.61. The fourth-order valence-electron chi connectivity index (χ4n) is 1.50. The van der Waals surface area contributed by atoms with E-state index in [9.17, 15) is 13.2 Å². The van der Waals surface area contributed by atoms with Gasteiger partial charge < -0.3 is 5.32 Å². The van der Waals surface area contributed by atoms with Gasteiger partial charge in [0.15, 0.2) is 0 Å². The van der Waals surface area contributed by atoms with Crippen molar-refractivity contribution < 1.29 is 13.2 Å². The van der Waals surface area contributed by atoms with Crippen LogP contribution in [0.2, 0.25) is 0 Å². The van der Waals surface area contributed by atoms with E-state index in [1.807, 2.05) is 0 Å². The van der Waals surface area contributed by atoms with Gasteiger partial charge in [-0.2, -0.15) is 23.4 Å². The molecule has 0 amide bonds. The van der Waals surface area contributed by atoms with Gasteiger partial charge >= 0.3 is 6.18 Å². The van der Waals surface area contributed by atoms with E-state index in [1.54, 1.807) is 18.2 Å². The minimum absolute atomic E-state index is 0.0376. The predicted molar refractivity (Wildman–Crippen MR) is 60.8 cm³/mol. The van der Waals surface area contributed by atoms with Gasteiger partial charge in [0, 0.05) is 11.9 Å². The quantitative estimate of drug-likeness (QED) is 0.913. The molecule has 0 fully saturated rings. The van der Waals surface area contributed by atoms with E-state index in [0.29, 0.717) is 5.69 Å². The fraction of sp³-hybridized carbons (Fsp3) is 0.167. The second-order valence-electron chi connectivity index (χ2n) is 3.61. The van der Waals surface area contributed by atoms with E-state index in [0.717, 1.165) is 6.07 Å². The number of para-hydroxylation sites is 1. The van der Waals surface area contributed by atoms with Crippen LogP contribution in [-0.2, 0) is 12.7 Å². The van der Waals surface area contributed by atoms with Gasteiger partial charge in [0.05, 0.1) is 17.8 Å². The van der Waals surface area contributed by atoms with Gasteiger partial charge in [-0.1, -0.05) is 12.1 Å². The molecule has 1 aromatic heterocycles. The maximum atomic E-state index is 12.7. The fourth-order valence-corrected chi connectivity index (χ4v) is 1.50. The summed E-state index contributed by atoms with van der Waals surface area (Å²) in [6, 6.07) is 8.71. The van der Waals surface area contributed by atoms with Crippen LogP contribution in [0.25, 0.3) is 0 Å². The molecule has 0 atom stereocenters. The number of rotatable bonds is 3. The molecule has 0 unspecified atom stereocenters. The molecule has 0 saturated carbocycles. The van der Waals surface area contributed by atoms with Crippen LogP contribution in [0, 0.1) is 0 Å². The average molecular weight is 253 g/mol. The molecule has 0 aliphatic rings. The Balaban J connectivity index is 2.15. The molecule has 18 heavy (non-hydrogen) atoms. The Morgan fingerprint density at radius 1 is 1.06 bits per heavy atom. The van der Waals surface area contributed by atoms with Gasteiger partial charge in [-0.25, -0.2) is 0 Å². The topological polar surface area (TPSA) is 37.8 Å². The van der Waals surface area contributed by atoms with E-state index >= 15 is 0 Å². The van der Waals surface area contributed by atoms with Crippen LogP contribution in [0.5, 0.6) is 0 Å². The molecule has 0 bridgehead atoms. The second kappa shape index (κ2) is 5.03. The molecular formula is C12H10F3N3. The number of hydrogen-bond acceptors (Lipinski definition) is 3. The van der Waals surface area contributed by atoms with Crippen molar-refractivity contribution in [2.45, 2.75) is 12.7 Å². The van der Waals surface area contributed by atoms with Crippen LogP contribution in [0.4, 0.5) is 18.9 Å². The summed E-state index contributed by atoms with van der Waals surface area (Å²) in [5, 5.41) is 10.2. The number of nitrogens with one attached hydrogen (secondary N) is 1. The van der Waals surface area contributed by atoms with Crippen molar-refractivity contribution in [3.63, 3.8) is 0 Å². The first kappa shape index (κ1) is 12.3. The molecule has 2 aromatic rings. The Morgan fingerprint density at radius 2 is 1.83 bits per heavy atom. The molecule has 0 aliphatic heterocycles. The number of benzene rings is 1. The Morgan fingerprint density at radius 3 is 2.50 bits per heavy atom. The summed E-state index contributed by atoms with van der Waals surface area (Å²) in [4.78, 5) is 0. The summed E-state index contributed by atoms with van der Waals surface area (Å²) in [6.45, 7) is 0.195. The van der Waals surface area contributed by atoms with Crippen LogP contribution in [-0.4, -0.2) is 10.2 Å². The first-order valence-corrected chi connectivity index (χ1v) is 5.24. The molecule has 0 radical (unpaired) electrons. The van der Waals surface area contributed by atoms with Crippen molar-refractivity contribution in [1.82, 2.24) is 10.2 Å². The Bertz CT molecular complexity index is 511. The third kappa shape index (κ3) is 2.97. The molecule has 1 N–H and O–H groups in total. The van der Waals surface area contributed by atoms with E-state index < -0.39 is 11.7 Å². The van der Waals surface area contributed by atoms with Gasteiger partial charge in [0.2, 0.25) is 0 Å². The van der Waals surface area contributed by atoms with E-state index in [1.165, 1.54) is 18.3 Å². The van der Waals surface area contributed by atoms with Gasteiger partial charge in [-0.05, 0) is 24.3 Å². The molecule has 0 aliphatic carbocycles. The molecule has 1 heterocycles. The third-order valence-corrected chi connectivity index (χ3v) is 2.32. The zero-order chi connectivity index (χ0) is 13.0. The maximum absolute atomic E-state index is 12.7. The Kier molecular flexibility index (Phi) is 3.45. The smallest absolute Gasteiger partial charge is 0.379 e. The molecular weight excluding hydrogens is 243 g/mol. The van der Waals surface area contributed by atoms with Crippen LogP contribution < -0.4 is 5.32 Å². The summed E-state index contributed by atoms with van der Waals surface area (Å²) < 4.78 is 38.1. The lowest BCUT2D eigenvalue weighted by Crippen LogP contribution is -2.11. The maximum Gasteiger partial charge on any atom is 0.418 e. The summed E-state index contributed by atoms with van der Waals surface area (Å²) in [6.07, 6.45) is -2.86. The third-order valence-electron chi connectivity index (χ3n) is 2.32. The van der Waals surface area contributed by atoms with E-state index in [-0.39, 0.29) is 12.2 Å². The van der Waals surface area contributed by atoms with Crippen molar-refractivity contribution in [2.75, 3.05) is 5.32 Å². The van der Waals surface area contributed by atoms with Gasteiger partial charge in [0.1, 0.15) is 0 Å². The van der Waals surface area contributed by atoms with E-state index in [4.69, 9.17) is 0 Å². The van der Waals surface area contributed by atoms with Crippen molar-refractivity contribution in [3.05, 3.63) is 53.9 Å². The molecule has 2 rings (SSSR count). The molecule has 3 nitrogen and oxygen atoms in total. The Labute approximate surface area is 102 Å². The highest BCUT2D eigenvalue weighted by Gasteiger charge is 2.32. The lowest BCUT2D eigenvalue weighted by Gasteiger charge is -2.13. The SMILES string of the molecule is FC(F)(F)c1ccccc1NCc1cccnn1. The zero-order valence-corrected chi connectivity index (χ0v) is 9.28.